The van der Waals surface area contributed by atoms with Crippen molar-refractivity contribution in [1.29, 1.82) is 0 Å². The van der Waals surface area contributed by atoms with Gasteiger partial charge >= 0.3 is 0 Å². The normalized spacial score (nSPS) is 10.2. The Balaban J connectivity index is 2.41. The SMILES string of the molecule is COc1cccc(N(C)c2nc(C)cc(C(N)=S)n2)c1. The molecular weight excluding hydrogens is 272 g/mol. The number of nitrogens with two attached hydrogens (primary N) is 1. The van der Waals surface area contributed by atoms with Crippen LogP contribution in [0.25, 0.3) is 0 Å². The van der Waals surface area contributed by atoms with Crippen LogP contribution in [0.3, 0.4) is 0 Å². The number of aryl methyl sites for hydroxylation is 1. The third kappa shape index (κ3) is 3.03. The van der Waals surface area contributed by atoms with Crippen molar-refractivity contribution < 1.29 is 4.74 Å². The van der Waals surface area contributed by atoms with Crippen LogP contribution < -0.4 is 15.4 Å². The minimum atomic E-state index is 0.260. The van der Waals surface area contributed by atoms with Gasteiger partial charge in [-0.05, 0) is 25.1 Å². The van der Waals surface area contributed by atoms with Gasteiger partial charge in [-0.2, -0.15) is 0 Å². The maximum absolute atomic E-state index is 5.64. The second-order valence-electron chi connectivity index (χ2n) is 4.32. The van der Waals surface area contributed by atoms with Gasteiger partial charge in [0.15, 0.2) is 0 Å². The lowest BCUT2D eigenvalue weighted by Crippen LogP contribution is -2.18. The Morgan fingerprint density at radius 2 is 2.05 bits per heavy atom. The zero-order valence-electron chi connectivity index (χ0n) is 11.6. The molecule has 0 aliphatic heterocycles. The molecule has 104 valence electrons. The molecule has 2 N–H and O–H groups in total. The average molecular weight is 288 g/mol. The highest BCUT2D eigenvalue weighted by Gasteiger charge is 2.11. The molecule has 5 nitrogen and oxygen atoms in total. The molecule has 0 saturated heterocycles. The Labute approximate surface area is 123 Å². The molecular formula is C14H16N4OS. The molecule has 0 radical (unpaired) electrons. The van der Waals surface area contributed by atoms with E-state index in [1.165, 1.54) is 0 Å². The third-order valence-electron chi connectivity index (χ3n) is 2.84. The van der Waals surface area contributed by atoms with Gasteiger partial charge in [0.05, 0.1) is 7.11 Å². The highest BCUT2D eigenvalue weighted by atomic mass is 32.1. The summed E-state index contributed by atoms with van der Waals surface area (Å²) in [6.07, 6.45) is 0. The van der Waals surface area contributed by atoms with E-state index in [0.29, 0.717) is 11.6 Å². The van der Waals surface area contributed by atoms with Crippen LogP contribution >= 0.6 is 12.2 Å². The summed E-state index contributed by atoms with van der Waals surface area (Å²) in [5.74, 6) is 1.32. The van der Waals surface area contributed by atoms with Crippen LogP contribution in [0.1, 0.15) is 11.4 Å². The van der Waals surface area contributed by atoms with Crippen molar-refractivity contribution in [2.24, 2.45) is 5.73 Å². The summed E-state index contributed by atoms with van der Waals surface area (Å²) < 4.78 is 5.22. The Kier molecular flexibility index (Phi) is 4.14. The van der Waals surface area contributed by atoms with Gasteiger partial charge in [-0.3, -0.25) is 0 Å². The van der Waals surface area contributed by atoms with E-state index < -0.39 is 0 Å². The largest absolute Gasteiger partial charge is 0.497 e. The number of hydrogen-bond donors (Lipinski definition) is 1. The first-order valence-corrected chi connectivity index (χ1v) is 6.45. The van der Waals surface area contributed by atoms with Gasteiger partial charge < -0.3 is 15.4 Å². The van der Waals surface area contributed by atoms with Crippen LogP contribution in [0.4, 0.5) is 11.6 Å². The van der Waals surface area contributed by atoms with Crippen molar-refractivity contribution in [3.05, 3.63) is 41.7 Å². The number of methoxy groups -OCH3 is 1. The summed E-state index contributed by atoms with van der Waals surface area (Å²) in [5, 5.41) is 0. The van der Waals surface area contributed by atoms with Crippen LogP contribution in [0.2, 0.25) is 0 Å². The number of ether oxygens (including phenoxy) is 1. The molecule has 0 aliphatic rings. The smallest absolute Gasteiger partial charge is 0.230 e. The molecule has 0 fully saturated rings. The first-order valence-electron chi connectivity index (χ1n) is 6.04. The molecule has 0 aliphatic carbocycles. The fourth-order valence-corrected chi connectivity index (χ4v) is 1.87. The molecule has 0 spiro atoms. The van der Waals surface area contributed by atoms with Gasteiger partial charge in [0, 0.05) is 24.5 Å². The fraction of sp³-hybridized carbons (Fsp3) is 0.214. The summed E-state index contributed by atoms with van der Waals surface area (Å²) in [6.45, 7) is 1.88. The van der Waals surface area contributed by atoms with E-state index in [-0.39, 0.29) is 4.99 Å². The Morgan fingerprint density at radius 3 is 2.70 bits per heavy atom. The van der Waals surface area contributed by atoms with Gasteiger partial charge in [-0.15, -0.1) is 0 Å². The minimum Gasteiger partial charge on any atom is -0.497 e. The van der Waals surface area contributed by atoms with Crippen molar-refractivity contribution in [3.63, 3.8) is 0 Å². The van der Waals surface area contributed by atoms with E-state index in [1.54, 1.807) is 13.2 Å². The van der Waals surface area contributed by atoms with E-state index in [4.69, 9.17) is 22.7 Å². The van der Waals surface area contributed by atoms with Gasteiger partial charge in [0.25, 0.3) is 0 Å². The van der Waals surface area contributed by atoms with Crippen molar-refractivity contribution in [1.82, 2.24) is 9.97 Å². The van der Waals surface area contributed by atoms with Gasteiger partial charge in [-0.25, -0.2) is 9.97 Å². The quantitative estimate of drug-likeness (QED) is 0.870. The van der Waals surface area contributed by atoms with Crippen LogP contribution in [0.5, 0.6) is 5.75 Å². The second kappa shape index (κ2) is 5.83. The number of thiocarbonyl (C=S) groups is 1. The minimum absolute atomic E-state index is 0.260. The average Bonchev–Trinajstić information content (AvgIpc) is 2.45. The van der Waals surface area contributed by atoms with E-state index in [0.717, 1.165) is 17.1 Å². The van der Waals surface area contributed by atoms with Crippen LogP contribution in [-0.2, 0) is 0 Å². The lowest BCUT2D eigenvalue weighted by Gasteiger charge is -2.18. The van der Waals surface area contributed by atoms with Gasteiger partial charge in [0.1, 0.15) is 16.4 Å². The molecule has 0 amide bonds. The molecule has 0 atom stereocenters. The predicted octanol–water partition coefficient (Wildman–Crippen LogP) is 2.20. The lowest BCUT2D eigenvalue weighted by atomic mass is 10.3. The van der Waals surface area contributed by atoms with E-state index in [2.05, 4.69) is 9.97 Å². The number of hydrogen-bond acceptors (Lipinski definition) is 5. The number of nitrogens with zero attached hydrogens (tertiary/aromatic N) is 3. The molecule has 6 heteroatoms. The van der Waals surface area contributed by atoms with Crippen molar-refractivity contribution in [2.45, 2.75) is 6.92 Å². The van der Waals surface area contributed by atoms with Crippen LogP contribution in [0, 0.1) is 6.92 Å². The maximum Gasteiger partial charge on any atom is 0.230 e. The zero-order chi connectivity index (χ0) is 14.7. The Morgan fingerprint density at radius 1 is 1.30 bits per heavy atom. The topological polar surface area (TPSA) is 64.3 Å². The predicted molar refractivity (Wildman–Crippen MR) is 83.7 cm³/mol. The zero-order valence-corrected chi connectivity index (χ0v) is 12.4. The highest BCUT2D eigenvalue weighted by Crippen LogP contribution is 2.24. The van der Waals surface area contributed by atoms with Gasteiger partial charge in [0.2, 0.25) is 5.95 Å². The number of anilines is 2. The summed E-state index contributed by atoms with van der Waals surface area (Å²) in [5.41, 5.74) is 7.94. The highest BCUT2D eigenvalue weighted by molar-refractivity contribution is 7.80. The summed E-state index contributed by atoms with van der Waals surface area (Å²) in [4.78, 5) is 10.9. The molecule has 0 unspecified atom stereocenters. The lowest BCUT2D eigenvalue weighted by molar-refractivity contribution is 0.415. The standard InChI is InChI=1S/C14H16N4OS/c1-9-7-12(13(15)20)17-14(16-9)18(2)10-5-4-6-11(8-10)19-3/h4-8H,1-3H3,(H2,15,20). The van der Waals surface area contributed by atoms with E-state index in [9.17, 15) is 0 Å². The Hall–Kier alpha value is -2.21. The van der Waals surface area contributed by atoms with Crippen LogP contribution in [0.15, 0.2) is 30.3 Å². The van der Waals surface area contributed by atoms with Crippen molar-refractivity contribution >= 4 is 28.8 Å². The summed E-state index contributed by atoms with van der Waals surface area (Å²) in [7, 11) is 3.51. The molecule has 0 bridgehead atoms. The number of rotatable bonds is 4. The van der Waals surface area contributed by atoms with Crippen molar-refractivity contribution in [3.8, 4) is 5.75 Å². The van der Waals surface area contributed by atoms with Gasteiger partial charge in [-0.1, -0.05) is 18.3 Å². The summed E-state index contributed by atoms with van der Waals surface area (Å²) >= 11 is 4.97. The molecule has 1 aromatic carbocycles. The molecule has 20 heavy (non-hydrogen) atoms. The number of aromatic nitrogens is 2. The molecule has 2 rings (SSSR count). The van der Waals surface area contributed by atoms with Crippen LogP contribution in [-0.4, -0.2) is 29.1 Å². The monoisotopic (exact) mass is 288 g/mol. The first-order chi connectivity index (χ1) is 9.51. The maximum atomic E-state index is 5.64. The van der Waals surface area contributed by atoms with E-state index in [1.807, 2.05) is 43.1 Å². The first kappa shape index (κ1) is 14.2. The summed E-state index contributed by atoms with van der Waals surface area (Å²) in [6, 6.07) is 9.43. The van der Waals surface area contributed by atoms with Crippen molar-refractivity contribution in [2.75, 3.05) is 19.1 Å². The fourth-order valence-electron chi connectivity index (χ4n) is 1.76. The van der Waals surface area contributed by atoms with E-state index >= 15 is 0 Å². The Bertz CT molecular complexity index is 645. The molecule has 2 aromatic rings. The molecule has 1 heterocycles. The second-order valence-corrected chi connectivity index (χ2v) is 4.76. The number of benzene rings is 1. The third-order valence-corrected chi connectivity index (χ3v) is 3.04. The molecule has 0 saturated carbocycles. The molecule has 1 aromatic heterocycles.